The molecule has 0 aliphatic heterocycles. The van der Waals surface area contributed by atoms with Gasteiger partial charge in [-0.3, -0.25) is 0 Å². The minimum absolute atomic E-state index is 0.351. The van der Waals surface area contributed by atoms with Crippen molar-refractivity contribution in [3.05, 3.63) is 17.3 Å². The monoisotopic (exact) mass is 279 g/mol. The molecular formula is C13H17N3O2S. The quantitative estimate of drug-likeness (QED) is 0.273. The van der Waals surface area contributed by atoms with E-state index in [0.717, 1.165) is 11.3 Å². The molecule has 102 valence electrons. The Balaban J connectivity index is 3.14. The minimum atomic E-state index is -0.387. The van der Waals surface area contributed by atoms with Crippen molar-refractivity contribution >= 4 is 35.8 Å². The largest absolute Gasteiger partial charge is 0.463 e. The van der Waals surface area contributed by atoms with E-state index in [4.69, 9.17) is 4.74 Å². The molecule has 0 N–H and O–H groups in total. The number of hydrogen-bond donors (Lipinski definition) is 0. The van der Waals surface area contributed by atoms with Gasteiger partial charge in [0.15, 0.2) is 11.0 Å². The summed E-state index contributed by atoms with van der Waals surface area (Å²) < 4.78 is 4.84. The van der Waals surface area contributed by atoms with Crippen molar-refractivity contribution in [3.8, 4) is 0 Å². The van der Waals surface area contributed by atoms with Crippen LogP contribution in [0.15, 0.2) is 16.2 Å². The van der Waals surface area contributed by atoms with Gasteiger partial charge in [-0.2, -0.15) is 0 Å². The van der Waals surface area contributed by atoms with E-state index in [-0.39, 0.29) is 5.97 Å². The first-order chi connectivity index (χ1) is 9.12. The van der Waals surface area contributed by atoms with Crippen LogP contribution < -0.4 is 0 Å². The van der Waals surface area contributed by atoms with Gasteiger partial charge in [-0.05, 0) is 33.1 Å². The average Bonchev–Trinajstić information content (AvgIpc) is 2.38. The molecule has 0 radical (unpaired) electrons. The highest BCUT2D eigenvalue weighted by Gasteiger charge is 2.08. The van der Waals surface area contributed by atoms with Gasteiger partial charge in [0.25, 0.3) is 0 Å². The third kappa shape index (κ3) is 4.48. The zero-order chi connectivity index (χ0) is 14.3. The first-order valence-electron chi connectivity index (χ1n) is 5.88. The standard InChI is InChI=1S/C13H17N3O2S/c1-5-14-12-10(7-8-11(17)18-6-2)9(3)15-13(16-12)19-4/h5,7-8H,6H2,1-4H3/b8-7+,14-5?. The Hall–Kier alpha value is -1.69. The summed E-state index contributed by atoms with van der Waals surface area (Å²) in [6.45, 7) is 5.79. The lowest BCUT2D eigenvalue weighted by Gasteiger charge is -2.05. The van der Waals surface area contributed by atoms with Crippen molar-refractivity contribution in [1.82, 2.24) is 9.97 Å². The fourth-order valence-corrected chi connectivity index (χ4v) is 1.80. The Morgan fingerprint density at radius 1 is 1.47 bits per heavy atom. The third-order valence-electron chi connectivity index (χ3n) is 2.20. The number of thioether (sulfide) groups is 1. The molecule has 0 spiro atoms. The van der Waals surface area contributed by atoms with Gasteiger partial charge >= 0.3 is 5.97 Å². The van der Waals surface area contributed by atoms with Crippen LogP contribution in [-0.4, -0.2) is 35.0 Å². The predicted molar refractivity (Wildman–Crippen MR) is 78.0 cm³/mol. The number of hydrogen-bond acceptors (Lipinski definition) is 6. The molecule has 0 atom stereocenters. The van der Waals surface area contributed by atoms with E-state index in [0.29, 0.717) is 17.6 Å². The van der Waals surface area contributed by atoms with E-state index in [9.17, 15) is 4.79 Å². The fraction of sp³-hybridized carbons (Fsp3) is 0.385. The van der Waals surface area contributed by atoms with Crippen LogP contribution in [0.4, 0.5) is 5.82 Å². The lowest BCUT2D eigenvalue weighted by Crippen LogP contribution is -2.00. The molecule has 0 saturated carbocycles. The van der Waals surface area contributed by atoms with Gasteiger partial charge in [-0.15, -0.1) is 0 Å². The van der Waals surface area contributed by atoms with E-state index in [1.165, 1.54) is 17.8 Å². The summed E-state index contributed by atoms with van der Waals surface area (Å²) >= 11 is 1.45. The molecular weight excluding hydrogens is 262 g/mol. The second-order valence-corrected chi connectivity index (χ2v) is 4.28. The summed E-state index contributed by atoms with van der Waals surface area (Å²) in [4.78, 5) is 24.2. The molecule has 0 saturated heterocycles. The molecule has 0 bridgehead atoms. The van der Waals surface area contributed by atoms with Crippen LogP contribution in [0.3, 0.4) is 0 Å². The molecule has 0 amide bonds. The van der Waals surface area contributed by atoms with Crippen molar-refractivity contribution in [2.75, 3.05) is 12.9 Å². The molecule has 1 rings (SSSR count). The Morgan fingerprint density at radius 2 is 2.21 bits per heavy atom. The molecule has 0 aliphatic carbocycles. The van der Waals surface area contributed by atoms with Crippen molar-refractivity contribution in [1.29, 1.82) is 0 Å². The Labute approximate surface area is 117 Å². The molecule has 0 unspecified atom stereocenters. The van der Waals surface area contributed by atoms with E-state index in [1.54, 1.807) is 19.2 Å². The SMILES string of the molecule is CC=Nc1nc(SC)nc(C)c1/C=C/C(=O)OCC. The van der Waals surface area contributed by atoms with Gasteiger partial charge in [-0.25, -0.2) is 19.8 Å². The molecule has 1 heterocycles. The van der Waals surface area contributed by atoms with Crippen molar-refractivity contribution in [3.63, 3.8) is 0 Å². The second-order valence-electron chi connectivity index (χ2n) is 3.51. The van der Waals surface area contributed by atoms with Crippen LogP contribution in [0.25, 0.3) is 6.08 Å². The van der Waals surface area contributed by atoms with Crippen molar-refractivity contribution < 1.29 is 9.53 Å². The van der Waals surface area contributed by atoms with E-state index in [1.807, 2.05) is 20.1 Å². The average molecular weight is 279 g/mol. The number of nitrogens with zero attached hydrogens (tertiary/aromatic N) is 3. The number of ether oxygens (including phenoxy) is 1. The van der Waals surface area contributed by atoms with Crippen molar-refractivity contribution in [2.24, 2.45) is 4.99 Å². The highest BCUT2D eigenvalue weighted by molar-refractivity contribution is 7.98. The third-order valence-corrected chi connectivity index (χ3v) is 2.75. The Morgan fingerprint density at radius 3 is 2.79 bits per heavy atom. The number of aromatic nitrogens is 2. The molecule has 0 fully saturated rings. The Bertz CT molecular complexity index is 513. The normalized spacial score (nSPS) is 11.4. The highest BCUT2D eigenvalue weighted by Crippen LogP contribution is 2.23. The first kappa shape index (κ1) is 15.4. The van der Waals surface area contributed by atoms with Crippen LogP contribution >= 0.6 is 11.8 Å². The van der Waals surface area contributed by atoms with Gasteiger partial charge in [0.1, 0.15) is 0 Å². The van der Waals surface area contributed by atoms with Gasteiger partial charge < -0.3 is 4.74 Å². The maximum absolute atomic E-state index is 11.3. The van der Waals surface area contributed by atoms with E-state index < -0.39 is 0 Å². The molecule has 0 aromatic carbocycles. The fourth-order valence-electron chi connectivity index (χ4n) is 1.39. The molecule has 1 aromatic rings. The van der Waals surface area contributed by atoms with Gasteiger partial charge in [0.05, 0.1) is 12.3 Å². The lowest BCUT2D eigenvalue weighted by molar-refractivity contribution is -0.137. The first-order valence-corrected chi connectivity index (χ1v) is 7.11. The summed E-state index contributed by atoms with van der Waals surface area (Å²) in [6.07, 6.45) is 6.57. The summed E-state index contributed by atoms with van der Waals surface area (Å²) in [5, 5.41) is 0.659. The number of rotatable bonds is 5. The molecule has 0 aliphatic rings. The summed E-state index contributed by atoms with van der Waals surface area (Å²) in [6, 6.07) is 0. The van der Waals surface area contributed by atoms with Crippen LogP contribution in [0.1, 0.15) is 25.1 Å². The molecule has 6 heteroatoms. The zero-order valence-corrected chi connectivity index (χ0v) is 12.3. The molecule has 1 aromatic heterocycles. The molecule has 19 heavy (non-hydrogen) atoms. The lowest BCUT2D eigenvalue weighted by atomic mass is 10.2. The van der Waals surface area contributed by atoms with Gasteiger partial charge in [-0.1, -0.05) is 11.8 Å². The summed E-state index contributed by atoms with van der Waals surface area (Å²) in [7, 11) is 0. The van der Waals surface area contributed by atoms with Crippen LogP contribution in [0.2, 0.25) is 0 Å². The van der Waals surface area contributed by atoms with Crippen LogP contribution in [-0.2, 0) is 9.53 Å². The van der Waals surface area contributed by atoms with Gasteiger partial charge in [0, 0.05) is 17.9 Å². The van der Waals surface area contributed by atoms with Crippen LogP contribution in [0, 0.1) is 6.92 Å². The number of esters is 1. The van der Waals surface area contributed by atoms with E-state index >= 15 is 0 Å². The maximum atomic E-state index is 11.3. The molecule has 5 nitrogen and oxygen atoms in total. The summed E-state index contributed by atoms with van der Waals surface area (Å²) in [5.41, 5.74) is 1.50. The highest BCUT2D eigenvalue weighted by atomic mass is 32.2. The van der Waals surface area contributed by atoms with Gasteiger partial charge in [0.2, 0.25) is 0 Å². The minimum Gasteiger partial charge on any atom is -0.463 e. The smallest absolute Gasteiger partial charge is 0.330 e. The Kier molecular flexibility index (Phi) is 6.21. The predicted octanol–water partition coefficient (Wildman–Crippen LogP) is 2.81. The van der Waals surface area contributed by atoms with Crippen LogP contribution in [0.5, 0.6) is 0 Å². The number of carbonyl (C=O) groups excluding carboxylic acids is 1. The zero-order valence-electron chi connectivity index (χ0n) is 11.5. The topological polar surface area (TPSA) is 64.4 Å². The van der Waals surface area contributed by atoms with E-state index in [2.05, 4.69) is 15.0 Å². The van der Waals surface area contributed by atoms with Crippen molar-refractivity contribution in [2.45, 2.75) is 25.9 Å². The number of carbonyl (C=O) groups is 1. The maximum Gasteiger partial charge on any atom is 0.330 e. The number of aryl methyl sites for hydroxylation is 1. The second kappa shape index (κ2) is 7.68. The summed E-state index contributed by atoms with van der Waals surface area (Å²) in [5.74, 6) is 0.169. The number of aliphatic imine (C=N–C) groups is 1.